The molecule has 0 aliphatic carbocycles. The van der Waals surface area contributed by atoms with Crippen LogP contribution in [0.25, 0.3) is 0 Å². The van der Waals surface area contributed by atoms with Crippen molar-refractivity contribution in [2.75, 3.05) is 25.5 Å². The quantitative estimate of drug-likeness (QED) is 0.909. The Kier molecular flexibility index (Phi) is 4.45. The number of likely N-dealkylation sites (tertiary alicyclic amines) is 1. The predicted octanol–water partition coefficient (Wildman–Crippen LogP) is 3.00. The van der Waals surface area contributed by atoms with Gasteiger partial charge in [-0.2, -0.15) is 0 Å². The molecule has 19 heavy (non-hydrogen) atoms. The molecule has 0 saturated carbocycles. The molecule has 1 N–H and O–H groups in total. The molecule has 5 heteroatoms. The lowest BCUT2D eigenvalue weighted by Gasteiger charge is -2.35. The van der Waals surface area contributed by atoms with E-state index in [0.717, 1.165) is 17.6 Å². The second kappa shape index (κ2) is 5.90. The Morgan fingerprint density at radius 1 is 1.42 bits per heavy atom. The fourth-order valence-electron chi connectivity index (χ4n) is 2.80. The van der Waals surface area contributed by atoms with Crippen LogP contribution in [0.5, 0.6) is 0 Å². The van der Waals surface area contributed by atoms with Crippen molar-refractivity contribution < 1.29 is 4.79 Å². The minimum atomic E-state index is 0.0662. The third-order valence-corrected chi connectivity index (χ3v) is 3.91. The minimum Gasteiger partial charge on any atom is -0.372 e. The molecule has 1 fully saturated rings. The normalized spacial score (nSPS) is 23.3. The van der Waals surface area contributed by atoms with E-state index in [1.54, 1.807) is 13.2 Å². The number of carbonyl (C=O) groups excluding carboxylic acids is 1. The third-order valence-electron chi connectivity index (χ3n) is 3.48. The van der Waals surface area contributed by atoms with E-state index in [1.165, 1.54) is 6.42 Å². The van der Waals surface area contributed by atoms with Gasteiger partial charge in [-0.25, -0.2) is 4.98 Å². The standard InChI is InChI=1S/C14H20BrN3O/c1-9-4-10(2)8-18(7-9)14(19)12-5-11(15)6-17-13(12)16-3/h5-6,9-10H,4,7-8H2,1-3H3,(H,16,17). The van der Waals surface area contributed by atoms with E-state index in [-0.39, 0.29) is 5.91 Å². The number of nitrogens with zero attached hydrogens (tertiary/aromatic N) is 2. The van der Waals surface area contributed by atoms with E-state index in [0.29, 0.717) is 23.2 Å². The summed E-state index contributed by atoms with van der Waals surface area (Å²) in [5, 5.41) is 2.99. The highest BCUT2D eigenvalue weighted by Gasteiger charge is 2.27. The number of carbonyl (C=O) groups is 1. The number of hydrogen-bond donors (Lipinski definition) is 1. The van der Waals surface area contributed by atoms with Gasteiger partial charge >= 0.3 is 0 Å². The molecule has 0 radical (unpaired) electrons. The lowest BCUT2D eigenvalue weighted by atomic mass is 9.91. The molecule has 1 aliphatic rings. The zero-order valence-electron chi connectivity index (χ0n) is 11.6. The summed E-state index contributed by atoms with van der Waals surface area (Å²) < 4.78 is 0.827. The van der Waals surface area contributed by atoms with E-state index in [9.17, 15) is 4.79 Å². The van der Waals surface area contributed by atoms with Crippen LogP contribution in [0.2, 0.25) is 0 Å². The van der Waals surface area contributed by atoms with Gasteiger partial charge in [-0.05, 0) is 40.3 Å². The summed E-state index contributed by atoms with van der Waals surface area (Å²) in [4.78, 5) is 18.8. The van der Waals surface area contributed by atoms with Crippen molar-refractivity contribution in [3.05, 3.63) is 22.3 Å². The van der Waals surface area contributed by atoms with Gasteiger partial charge in [0.1, 0.15) is 5.82 Å². The smallest absolute Gasteiger partial charge is 0.257 e. The highest BCUT2D eigenvalue weighted by molar-refractivity contribution is 9.10. The van der Waals surface area contributed by atoms with E-state index < -0.39 is 0 Å². The molecule has 1 saturated heterocycles. The van der Waals surface area contributed by atoms with Crippen molar-refractivity contribution in [2.45, 2.75) is 20.3 Å². The SMILES string of the molecule is CNc1ncc(Br)cc1C(=O)N1CC(C)CC(C)C1. The average molecular weight is 326 g/mol. The van der Waals surface area contributed by atoms with Gasteiger partial charge in [-0.15, -0.1) is 0 Å². The second-order valence-electron chi connectivity index (χ2n) is 5.46. The molecule has 2 atom stereocenters. The summed E-state index contributed by atoms with van der Waals surface area (Å²) in [6.07, 6.45) is 2.89. The maximum Gasteiger partial charge on any atom is 0.257 e. The summed E-state index contributed by atoms with van der Waals surface area (Å²) in [7, 11) is 1.79. The number of anilines is 1. The Labute approximate surface area is 122 Å². The maximum absolute atomic E-state index is 12.6. The molecule has 2 heterocycles. The van der Waals surface area contributed by atoms with Crippen LogP contribution in [0.3, 0.4) is 0 Å². The fraction of sp³-hybridized carbons (Fsp3) is 0.571. The first kappa shape index (κ1) is 14.3. The Morgan fingerprint density at radius 2 is 2.05 bits per heavy atom. The number of halogens is 1. The fourth-order valence-corrected chi connectivity index (χ4v) is 3.13. The van der Waals surface area contributed by atoms with Gasteiger partial charge in [0.2, 0.25) is 0 Å². The Hall–Kier alpha value is -1.10. The van der Waals surface area contributed by atoms with Gasteiger partial charge in [0.05, 0.1) is 5.56 Å². The lowest BCUT2D eigenvalue weighted by molar-refractivity contribution is 0.0623. The molecular weight excluding hydrogens is 306 g/mol. The summed E-state index contributed by atoms with van der Waals surface area (Å²) in [5.41, 5.74) is 0.637. The summed E-state index contributed by atoms with van der Waals surface area (Å²) in [6.45, 7) is 6.07. The van der Waals surface area contributed by atoms with Crippen molar-refractivity contribution in [2.24, 2.45) is 11.8 Å². The lowest BCUT2D eigenvalue weighted by Crippen LogP contribution is -2.42. The zero-order valence-corrected chi connectivity index (χ0v) is 13.2. The van der Waals surface area contributed by atoms with E-state index >= 15 is 0 Å². The van der Waals surface area contributed by atoms with Crippen LogP contribution < -0.4 is 5.32 Å². The van der Waals surface area contributed by atoms with E-state index in [2.05, 4.69) is 40.1 Å². The zero-order chi connectivity index (χ0) is 14.0. The monoisotopic (exact) mass is 325 g/mol. The molecular formula is C14H20BrN3O. The van der Waals surface area contributed by atoms with E-state index in [4.69, 9.17) is 0 Å². The molecule has 1 aromatic rings. The van der Waals surface area contributed by atoms with Crippen LogP contribution in [-0.2, 0) is 0 Å². The predicted molar refractivity (Wildman–Crippen MR) is 80.3 cm³/mol. The summed E-state index contributed by atoms with van der Waals surface area (Å²) >= 11 is 3.38. The van der Waals surface area contributed by atoms with Gasteiger partial charge in [-0.3, -0.25) is 4.79 Å². The number of nitrogens with one attached hydrogen (secondary N) is 1. The van der Waals surface area contributed by atoms with Gasteiger partial charge in [0.25, 0.3) is 5.91 Å². The van der Waals surface area contributed by atoms with Gasteiger partial charge in [0, 0.05) is 30.8 Å². The molecule has 1 aliphatic heterocycles. The number of amides is 1. The number of aromatic nitrogens is 1. The van der Waals surface area contributed by atoms with Crippen molar-refractivity contribution >= 4 is 27.7 Å². The molecule has 1 aromatic heterocycles. The molecule has 0 spiro atoms. The van der Waals surface area contributed by atoms with Crippen LogP contribution in [0.15, 0.2) is 16.7 Å². The summed E-state index contributed by atoms with van der Waals surface area (Å²) in [6, 6.07) is 1.84. The van der Waals surface area contributed by atoms with Crippen LogP contribution >= 0.6 is 15.9 Å². The third kappa shape index (κ3) is 3.26. The Morgan fingerprint density at radius 3 is 2.63 bits per heavy atom. The maximum atomic E-state index is 12.6. The van der Waals surface area contributed by atoms with Crippen molar-refractivity contribution in [1.82, 2.24) is 9.88 Å². The number of piperidine rings is 1. The van der Waals surface area contributed by atoms with Crippen molar-refractivity contribution in [3.63, 3.8) is 0 Å². The van der Waals surface area contributed by atoms with Crippen LogP contribution in [0.4, 0.5) is 5.82 Å². The molecule has 104 valence electrons. The van der Waals surface area contributed by atoms with Gasteiger partial charge in [0.15, 0.2) is 0 Å². The molecule has 0 bridgehead atoms. The van der Waals surface area contributed by atoms with Gasteiger partial charge in [-0.1, -0.05) is 13.8 Å². The van der Waals surface area contributed by atoms with Crippen LogP contribution in [0.1, 0.15) is 30.6 Å². The second-order valence-corrected chi connectivity index (χ2v) is 6.37. The highest BCUT2D eigenvalue weighted by Crippen LogP contribution is 2.25. The summed E-state index contributed by atoms with van der Waals surface area (Å²) in [5.74, 6) is 1.83. The molecule has 4 nitrogen and oxygen atoms in total. The minimum absolute atomic E-state index is 0.0662. The highest BCUT2D eigenvalue weighted by atomic mass is 79.9. The Balaban J connectivity index is 2.26. The first-order chi connectivity index (χ1) is 9.01. The first-order valence-electron chi connectivity index (χ1n) is 6.63. The molecule has 2 unspecified atom stereocenters. The number of rotatable bonds is 2. The topological polar surface area (TPSA) is 45.2 Å². The molecule has 1 amide bonds. The average Bonchev–Trinajstić information content (AvgIpc) is 2.36. The number of hydrogen-bond acceptors (Lipinski definition) is 3. The largest absolute Gasteiger partial charge is 0.372 e. The van der Waals surface area contributed by atoms with Crippen LogP contribution in [0, 0.1) is 11.8 Å². The van der Waals surface area contributed by atoms with Gasteiger partial charge < -0.3 is 10.2 Å². The van der Waals surface area contributed by atoms with Crippen LogP contribution in [-0.4, -0.2) is 35.9 Å². The first-order valence-corrected chi connectivity index (χ1v) is 7.43. The number of pyridine rings is 1. The Bertz CT molecular complexity index is 468. The van der Waals surface area contributed by atoms with Crippen molar-refractivity contribution in [3.8, 4) is 0 Å². The van der Waals surface area contributed by atoms with Crippen molar-refractivity contribution in [1.29, 1.82) is 0 Å². The van der Waals surface area contributed by atoms with E-state index in [1.807, 2.05) is 11.0 Å². The molecule has 0 aromatic carbocycles. The molecule has 2 rings (SSSR count).